The van der Waals surface area contributed by atoms with Gasteiger partial charge in [-0.25, -0.2) is 9.78 Å². The lowest BCUT2D eigenvalue weighted by atomic mass is 10.00. The molecular weight excluding hydrogens is 314 g/mol. The molecule has 0 unspecified atom stereocenters. The third-order valence-corrected chi connectivity index (χ3v) is 3.71. The molecule has 0 aliphatic rings. The van der Waals surface area contributed by atoms with Crippen LogP contribution in [0.15, 0.2) is 12.1 Å². The topological polar surface area (TPSA) is 76.1 Å². The highest BCUT2D eigenvalue weighted by atomic mass is 16.7. The third kappa shape index (κ3) is 3.00. The summed E-state index contributed by atoms with van der Waals surface area (Å²) in [5.74, 6) is 0.187. The van der Waals surface area contributed by atoms with E-state index in [2.05, 4.69) is 4.98 Å². The van der Waals surface area contributed by atoms with Crippen molar-refractivity contribution < 1.29 is 28.5 Å². The molecule has 1 aromatic heterocycles. The average molecular weight is 335 g/mol. The van der Waals surface area contributed by atoms with Gasteiger partial charge in [-0.3, -0.25) is 0 Å². The van der Waals surface area contributed by atoms with Crippen molar-refractivity contribution in [2.75, 3.05) is 35.5 Å². The Hall–Kier alpha value is -2.38. The van der Waals surface area contributed by atoms with Crippen molar-refractivity contribution in [1.29, 1.82) is 0 Å². The number of hydrogen-bond donors (Lipinski definition) is 0. The first-order chi connectivity index (χ1) is 11.5. The fourth-order valence-corrected chi connectivity index (χ4v) is 2.68. The van der Waals surface area contributed by atoms with Gasteiger partial charge in [0.1, 0.15) is 17.0 Å². The van der Waals surface area contributed by atoms with Crippen molar-refractivity contribution in [2.24, 2.45) is 0 Å². The number of ether oxygens (including phenoxy) is 5. The van der Waals surface area contributed by atoms with Crippen LogP contribution < -0.4 is 9.47 Å². The highest BCUT2D eigenvalue weighted by Gasteiger charge is 2.24. The minimum Gasteiger partial charge on any atom is -0.495 e. The van der Waals surface area contributed by atoms with Crippen LogP contribution in [0.1, 0.15) is 27.9 Å². The zero-order valence-corrected chi connectivity index (χ0v) is 14.6. The van der Waals surface area contributed by atoms with Crippen LogP contribution in [0.2, 0.25) is 0 Å². The highest BCUT2D eigenvalue weighted by Crippen LogP contribution is 2.39. The van der Waals surface area contributed by atoms with Gasteiger partial charge >= 0.3 is 5.97 Å². The first-order valence-corrected chi connectivity index (χ1v) is 7.22. The van der Waals surface area contributed by atoms with Crippen molar-refractivity contribution in [1.82, 2.24) is 4.98 Å². The molecule has 0 aliphatic heterocycles. The molecule has 0 saturated heterocycles. The molecule has 0 saturated carbocycles. The summed E-state index contributed by atoms with van der Waals surface area (Å²) in [6.07, 6.45) is -0.630. The Morgan fingerprint density at radius 2 is 1.71 bits per heavy atom. The second kappa shape index (κ2) is 7.46. The summed E-state index contributed by atoms with van der Waals surface area (Å²) < 4.78 is 26.2. The number of hydrogen-bond acceptors (Lipinski definition) is 7. The minimum atomic E-state index is -0.630. The third-order valence-electron chi connectivity index (χ3n) is 3.71. The van der Waals surface area contributed by atoms with E-state index < -0.39 is 12.3 Å². The zero-order valence-electron chi connectivity index (χ0n) is 14.6. The SMILES string of the molecule is COC(=O)c1c(C)cc2cc(C(OC)OC)nc(OC)c2c1OC. The molecule has 0 amide bonds. The maximum Gasteiger partial charge on any atom is 0.341 e. The molecule has 0 bridgehead atoms. The van der Waals surface area contributed by atoms with E-state index in [0.717, 1.165) is 10.9 Å². The van der Waals surface area contributed by atoms with Crippen molar-refractivity contribution >= 4 is 16.7 Å². The molecule has 0 spiro atoms. The molecular formula is C17H21NO6. The number of carbonyl (C=O) groups is 1. The largest absolute Gasteiger partial charge is 0.495 e. The summed E-state index contributed by atoms with van der Waals surface area (Å²) in [7, 11) is 7.36. The molecule has 1 heterocycles. The Balaban J connectivity index is 2.85. The van der Waals surface area contributed by atoms with E-state index in [1.165, 1.54) is 35.5 Å². The van der Waals surface area contributed by atoms with E-state index in [0.29, 0.717) is 28.3 Å². The molecule has 1 aromatic carbocycles. The molecule has 2 rings (SSSR count). The van der Waals surface area contributed by atoms with Gasteiger partial charge in [-0.1, -0.05) is 6.07 Å². The van der Waals surface area contributed by atoms with Crippen LogP contribution in [0, 0.1) is 6.92 Å². The van der Waals surface area contributed by atoms with Crippen molar-refractivity contribution in [3.8, 4) is 11.6 Å². The van der Waals surface area contributed by atoms with Crippen LogP contribution in [-0.4, -0.2) is 46.5 Å². The van der Waals surface area contributed by atoms with Crippen LogP contribution in [0.3, 0.4) is 0 Å². The number of nitrogens with zero attached hydrogens (tertiary/aromatic N) is 1. The monoisotopic (exact) mass is 335 g/mol. The molecule has 0 radical (unpaired) electrons. The summed E-state index contributed by atoms with van der Waals surface area (Å²) >= 11 is 0. The molecule has 130 valence electrons. The van der Waals surface area contributed by atoms with Gasteiger partial charge in [0.05, 0.1) is 26.7 Å². The second-order valence-corrected chi connectivity index (χ2v) is 5.05. The van der Waals surface area contributed by atoms with Crippen LogP contribution >= 0.6 is 0 Å². The van der Waals surface area contributed by atoms with Gasteiger partial charge in [-0.2, -0.15) is 0 Å². The lowest BCUT2D eigenvalue weighted by Crippen LogP contribution is -2.10. The number of aromatic nitrogens is 1. The predicted molar refractivity (Wildman–Crippen MR) is 87.7 cm³/mol. The Morgan fingerprint density at radius 1 is 1.04 bits per heavy atom. The van der Waals surface area contributed by atoms with E-state index in [-0.39, 0.29) is 0 Å². The number of aryl methyl sites for hydroxylation is 1. The quantitative estimate of drug-likeness (QED) is 0.593. The Labute approximate surface area is 140 Å². The van der Waals surface area contributed by atoms with E-state index in [9.17, 15) is 4.79 Å². The number of esters is 1. The fourth-order valence-electron chi connectivity index (χ4n) is 2.68. The summed E-state index contributed by atoms with van der Waals surface area (Å²) in [4.78, 5) is 16.5. The zero-order chi connectivity index (χ0) is 17.9. The van der Waals surface area contributed by atoms with E-state index in [1.807, 2.05) is 19.1 Å². The maximum absolute atomic E-state index is 12.1. The standard InChI is InChI=1S/C17H21NO6/c1-9-7-10-8-11(17(23-5)24-6)18-15(21-3)13(10)14(20-2)12(9)16(19)22-4/h7-8,17H,1-6H3. The van der Waals surface area contributed by atoms with Gasteiger partial charge in [0.15, 0.2) is 0 Å². The molecule has 0 N–H and O–H groups in total. The summed E-state index contributed by atoms with van der Waals surface area (Å²) in [5, 5.41) is 1.37. The number of benzene rings is 1. The Kier molecular flexibility index (Phi) is 5.58. The van der Waals surface area contributed by atoms with Crippen LogP contribution in [0.4, 0.5) is 0 Å². The summed E-state index contributed by atoms with van der Waals surface area (Å²) in [5.41, 5.74) is 1.61. The lowest BCUT2D eigenvalue weighted by molar-refractivity contribution is -0.108. The first kappa shape index (κ1) is 18.0. The van der Waals surface area contributed by atoms with Crippen LogP contribution in [0.5, 0.6) is 11.6 Å². The summed E-state index contributed by atoms with van der Waals surface area (Å²) in [6.45, 7) is 1.81. The average Bonchev–Trinajstić information content (AvgIpc) is 2.60. The number of fused-ring (bicyclic) bond motifs is 1. The van der Waals surface area contributed by atoms with Gasteiger partial charge in [-0.05, 0) is 23.9 Å². The van der Waals surface area contributed by atoms with Crippen LogP contribution in [-0.2, 0) is 14.2 Å². The van der Waals surface area contributed by atoms with E-state index >= 15 is 0 Å². The van der Waals surface area contributed by atoms with Gasteiger partial charge in [0.2, 0.25) is 12.2 Å². The summed E-state index contributed by atoms with van der Waals surface area (Å²) in [6, 6.07) is 3.66. The van der Waals surface area contributed by atoms with Crippen LogP contribution in [0.25, 0.3) is 10.8 Å². The van der Waals surface area contributed by atoms with Crippen molar-refractivity contribution in [3.05, 3.63) is 29.0 Å². The number of pyridine rings is 1. The molecule has 0 atom stereocenters. The van der Waals surface area contributed by atoms with E-state index in [4.69, 9.17) is 23.7 Å². The first-order valence-electron chi connectivity index (χ1n) is 7.22. The maximum atomic E-state index is 12.1. The smallest absolute Gasteiger partial charge is 0.341 e. The molecule has 0 aliphatic carbocycles. The number of carbonyl (C=O) groups excluding carboxylic acids is 1. The van der Waals surface area contributed by atoms with Gasteiger partial charge in [0, 0.05) is 14.2 Å². The fraction of sp³-hybridized carbons (Fsp3) is 0.412. The molecule has 24 heavy (non-hydrogen) atoms. The lowest BCUT2D eigenvalue weighted by Gasteiger charge is -2.18. The molecule has 0 fully saturated rings. The molecule has 2 aromatic rings. The van der Waals surface area contributed by atoms with Gasteiger partial charge in [-0.15, -0.1) is 0 Å². The molecule has 7 nitrogen and oxygen atoms in total. The second-order valence-electron chi connectivity index (χ2n) is 5.05. The van der Waals surface area contributed by atoms with E-state index in [1.54, 1.807) is 0 Å². The minimum absolute atomic E-state index is 0.309. The van der Waals surface area contributed by atoms with Gasteiger partial charge in [0.25, 0.3) is 0 Å². The van der Waals surface area contributed by atoms with Gasteiger partial charge < -0.3 is 23.7 Å². The van der Waals surface area contributed by atoms with Crippen molar-refractivity contribution in [3.63, 3.8) is 0 Å². The normalized spacial score (nSPS) is 11.0. The van der Waals surface area contributed by atoms with Crippen molar-refractivity contribution in [2.45, 2.75) is 13.2 Å². The Bertz CT molecular complexity index is 755. The molecule has 7 heteroatoms. The number of methoxy groups -OCH3 is 5. The predicted octanol–water partition coefficient (Wildman–Crippen LogP) is 2.64. The number of rotatable bonds is 6. The highest BCUT2D eigenvalue weighted by molar-refractivity contribution is 6.04. The Morgan fingerprint density at radius 3 is 2.21 bits per heavy atom.